The normalized spacial score (nSPS) is 39.3. The van der Waals surface area contributed by atoms with E-state index in [0.29, 0.717) is 12.4 Å². The van der Waals surface area contributed by atoms with E-state index in [-0.39, 0.29) is 23.5 Å². The monoisotopic (exact) mass is 252 g/mol. The molecule has 0 N–H and O–H groups in total. The van der Waals surface area contributed by atoms with Crippen molar-refractivity contribution in [3.05, 3.63) is 0 Å². The van der Waals surface area contributed by atoms with E-state index >= 15 is 0 Å². The molecule has 3 unspecified atom stereocenters. The molecule has 3 nitrogen and oxygen atoms in total. The van der Waals surface area contributed by atoms with Gasteiger partial charge in [0.2, 0.25) is 0 Å². The van der Waals surface area contributed by atoms with Crippen LogP contribution in [0.25, 0.3) is 0 Å². The van der Waals surface area contributed by atoms with Crippen LogP contribution in [0.1, 0.15) is 51.9 Å². The minimum atomic E-state index is 0.0592. The second-order valence-electron chi connectivity index (χ2n) is 6.41. The average molecular weight is 252 g/mol. The number of rotatable bonds is 2. The molecule has 18 heavy (non-hydrogen) atoms. The van der Waals surface area contributed by atoms with E-state index in [1.54, 1.807) is 0 Å². The summed E-state index contributed by atoms with van der Waals surface area (Å²) in [5.74, 6) is 0.839. The molecule has 3 atom stereocenters. The van der Waals surface area contributed by atoms with Gasteiger partial charge < -0.3 is 9.47 Å². The Hall–Kier alpha value is -0.410. The lowest BCUT2D eigenvalue weighted by atomic mass is 9.78. The molecular weight excluding hydrogens is 228 g/mol. The predicted octanol–water partition coefficient (Wildman–Crippen LogP) is 2.72. The fourth-order valence-electron chi connectivity index (χ4n) is 3.99. The number of carbonyl (C=O) groups is 1. The zero-order valence-electron chi connectivity index (χ0n) is 11.3. The fourth-order valence-corrected chi connectivity index (χ4v) is 3.99. The van der Waals surface area contributed by atoms with Gasteiger partial charge in [-0.25, -0.2) is 0 Å². The molecule has 0 amide bonds. The Kier molecular flexibility index (Phi) is 3.46. The fraction of sp³-hybridized carbons (Fsp3) is 0.933. The molecule has 3 aliphatic rings. The van der Waals surface area contributed by atoms with E-state index in [1.165, 1.54) is 12.8 Å². The van der Waals surface area contributed by atoms with Crippen LogP contribution >= 0.6 is 0 Å². The van der Waals surface area contributed by atoms with Crippen LogP contribution in [-0.2, 0) is 14.3 Å². The number of carbonyl (C=O) groups excluding carboxylic acids is 1. The van der Waals surface area contributed by atoms with Crippen LogP contribution in [0.4, 0.5) is 0 Å². The lowest BCUT2D eigenvalue weighted by Crippen LogP contribution is -2.41. The summed E-state index contributed by atoms with van der Waals surface area (Å²) < 4.78 is 11.5. The summed E-state index contributed by atoms with van der Waals surface area (Å²) in [6, 6.07) is 0. The van der Waals surface area contributed by atoms with Gasteiger partial charge in [0.15, 0.2) is 0 Å². The van der Waals surface area contributed by atoms with Crippen molar-refractivity contribution in [3.63, 3.8) is 0 Å². The van der Waals surface area contributed by atoms with E-state index in [0.717, 1.165) is 38.7 Å². The summed E-state index contributed by atoms with van der Waals surface area (Å²) in [6.45, 7) is 3.49. The topological polar surface area (TPSA) is 35.5 Å². The van der Waals surface area contributed by atoms with Crippen molar-refractivity contribution in [3.8, 4) is 0 Å². The molecule has 2 heterocycles. The molecule has 3 heteroatoms. The maximum absolute atomic E-state index is 12.6. The van der Waals surface area contributed by atoms with Gasteiger partial charge in [-0.1, -0.05) is 12.8 Å². The van der Waals surface area contributed by atoms with Crippen molar-refractivity contribution < 1.29 is 14.3 Å². The van der Waals surface area contributed by atoms with E-state index in [1.807, 2.05) is 0 Å². The molecule has 0 bridgehead atoms. The van der Waals surface area contributed by atoms with E-state index in [9.17, 15) is 4.79 Å². The Morgan fingerprint density at radius 3 is 2.67 bits per heavy atom. The van der Waals surface area contributed by atoms with Crippen molar-refractivity contribution in [1.29, 1.82) is 0 Å². The molecule has 2 aliphatic heterocycles. The number of Topliss-reactive ketones (excluding diaryl/α,β-unsaturated/α-hetero) is 1. The minimum Gasteiger partial charge on any atom is -0.378 e. The maximum Gasteiger partial charge on any atom is 0.141 e. The highest BCUT2D eigenvalue weighted by atomic mass is 16.5. The summed E-state index contributed by atoms with van der Waals surface area (Å²) in [7, 11) is 0. The number of hydrogen-bond acceptors (Lipinski definition) is 3. The molecule has 0 aromatic carbocycles. The van der Waals surface area contributed by atoms with Crippen LogP contribution in [0.2, 0.25) is 0 Å². The summed E-state index contributed by atoms with van der Waals surface area (Å²) in [6.07, 6.45) is 7.93. The lowest BCUT2D eigenvalue weighted by Gasteiger charge is -2.38. The number of ether oxygens (including phenoxy) is 2. The first-order valence-electron chi connectivity index (χ1n) is 7.48. The van der Waals surface area contributed by atoms with Gasteiger partial charge in [-0.2, -0.15) is 0 Å². The van der Waals surface area contributed by atoms with Crippen molar-refractivity contribution in [1.82, 2.24) is 0 Å². The second kappa shape index (κ2) is 4.93. The van der Waals surface area contributed by atoms with Gasteiger partial charge in [-0.05, 0) is 39.0 Å². The van der Waals surface area contributed by atoms with E-state index in [4.69, 9.17) is 9.47 Å². The SMILES string of the molecule is CC1CC(C(=O)C2CCOC3(CCCC3)C2)CO1. The molecule has 0 aromatic rings. The molecule has 1 saturated carbocycles. The zero-order chi connectivity index (χ0) is 12.6. The Morgan fingerprint density at radius 1 is 1.22 bits per heavy atom. The van der Waals surface area contributed by atoms with Gasteiger partial charge in [0, 0.05) is 18.4 Å². The van der Waals surface area contributed by atoms with Crippen LogP contribution in [0, 0.1) is 11.8 Å². The first-order valence-corrected chi connectivity index (χ1v) is 7.48. The first-order chi connectivity index (χ1) is 8.69. The Balaban J connectivity index is 1.63. The quantitative estimate of drug-likeness (QED) is 0.758. The number of ketones is 1. The maximum atomic E-state index is 12.6. The van der Waals surface area contributed by atoms with Gasteiger partial charge >= 0.3 is 0 Å². The van der Waals surface area contributed by atoms with E-state index in [2.05, 4.69) is 6.92 Å². The summed E-state index contributed by atoms with van der Waals surface area (Å²) in [5.41, 5.74) is 0.0592. The van der Waals surface area contributed by atoms with Crippen LogP contribution in [0.5, 0.6) is 0 Å². The lowest BCUT2D eigenvalue weighted by molar-refractivity contribution is -0.140. The van der Waals surface area contributed by atoms with Crippen LogP contribution in [0.3, 0.4) is 0 Å². The average Bonchev–Trinajstić information content (AvgIpc) is 2.98. The second-order valence-corrected chi connectivity index (χ2v) is 6.41. The molecule has 1 spiro atoms. The predicted molar refractivity (Wildman–Crippen MR) is 68.4 cm³/mol. The summed E-state index contributed by atoms with van der Waals surface area (Å²) >= 11 is 0. The third-order valence-electron chi connectivity index (χ3n) is 5.01. The molecule has 102 valence electrons. The highest BCUT2D eigenvalue weighted by Gasteiger charge is 2.43. The third kappa shape index (κ3) is 2.35. The Labute approximate surface area is 109 Å². The Bertz CT molecular complexity index is 320. The van der Waals surface area contributed by atoms with Crippen LogP contribution in [0.15, 0.2) is 0 Å². The minimum absolute atomic E-state index is 0.0592. The van der Waals surface area contributed by atoms with E-state index < -0.39 is 0 Å². The van der Waals surface area contributed by atoms with Crippen molar-refractivity contribution >= 4 is 5.78 Å². The molecule has 3 fully saturated rings. The molecule has 0 radical (unpaired) electrons. The largest absolute Gasteiger partial charge is 0.378 e. The molecule has 1 aliphatic carbocycles. The smallest absolute Gasteiger partial charge is 0.141 e. The molecule has 0 aromatic heterocycles. The van der Waals surface area contributed by atoms with Gasteiger partial charge in [-0.3, -0.25) is 4.79 Å². The highest BCUT2D eigenvalue weighted by molar-refractivity contribution is 5.84. The van der Waals surface area contributed by atoms with Gasteiger partial charge in [-0.15, -0.1) is 0 Å². The van der Waals surface area contributed by atoms with Crippen molar-refractivity contribution in [2.45, 2.75) is 63.6 Å². The summed E-state index contributed by atoms with van der Waals surface area (Å²) in [5, 5.41) is 0. The molecule has 3 rings (SSSR count). The van der Waals surface area contributed by atoms with Crippen molar-refractivity contribution in [2.24, 2.45) is 11.8 Å². The van der Waals surface area contributed by atoms with Crippen LogP contribution < -0.4 is 0 Å². The van der Waals surface area contributed by atoms with Gasteiger partial charge in [0.05, 0.1) is 18.3 Å². The Morgan fingerprint density at radius 2 is 2.00 bits per heavy atom. The van der Waals surface area contributed by atoms with Gasteiger partial charge in [0.25, 0.3) is 0 Å². The summed E-state index contributed by atoms with van der Waals surface area (Å²) in [4.78, 5) is 12.6. The third-order valence-corrected chi connectivity index (χ3v) is 5.01. The van der Waals surface area contributed by atoms with Gasteiger partial charge in [0.1, 0.15) is 5.78 Å². The zero-order valence-corrected chi connectivity index (χ0v) is 11.3. The molecular formula is C15H24O3. The standard InChI is InChI=1S/C15H24O3/c1-11-8-13(10-17-11)14(16)12-4-7-18-15(9-12)5-2-3-6-15/h11-13H,2-10H2,1H3. The first kappa shape index (κ1) is 12.6. The van der Waals surface area contributed by atoms with Crippen molar-refractivity contribution in [2.75, 3.05) is 13.2 Å². The molecule has 2 saturated heterocycles. The number of hydrogen-bond donors (Lipinski definition) is 0. The highest BCUT2D eigenvalue weighted by Crippen LogP contribution is 2.43. The van der Waals surface area contributed by atoms with Crippen LogP contribution in [-0.4, -0.2) is 30.7 Å².